The van der Waals surface area contributed by atoms with E-state index in [4.69, 9.17) is 4.74 Å². The fourth-order valence-corrected chi connectivity index (χ4v) is 4.23. The molecule has 0 bridgehead atoms. The van der Waals surface area contributed by atoms with E-state index in [1.807, 2.05) is 29.0 Å². The minimum Gasteiger partial charge on any atom is -0.377 e. The highest BCUT2D eigenvalue weighted by Gasteiger charge is 2.59. The Morgan fingerprint density at radius 2 is 2.32 bits per heavy atom. The largest absolute Gasteiger partial charge is 0.377 e. The van der Waals surface area contributed by atoms with Gasteiger partial charge in [0.2, 0.25) is 0 Å². The number of hydrogen-bond donors (Lipinski definition) is 2. The molecule has 0 spiro atoms. The van der Waals surface area contributed by atoms with E-state index in [9.17, 15) is 4.79 Å². The van der Waals surface area contributed by atoms with Crippen LogP contribution < -0.4 is 10.6 Å². The van der Waals surface area contributed by atoms with E-state index in [-0.39, 0.29) is 23.6 Å². The van der Waals surface area contributed by atoms with Gasteiger partial charge in [0.25, 0.3) is 0 Å². The number of benzene rings is 1. The SMILES string of the molecule is CC1(C)[C@H](NC(=O)NCc2cccc(-n3ccnc3)c2)[C@H]2CCO[C@@H]21. The van der Waals surface area contributed by atoms with E-state index in [1.165, 1.54) is 0 Å². The van der Waals surface area contributed by atoms with E-state index >= 15 is 0 Å². The molecule has 1 aliphatic heterocycles. The highest BCUT2D eigenvalue weighted by molar-refractivity contribution is 5.74. The van der Waals surface area contributed by atoms with Gasteiger partial charge in [-0.15, -0.1) is 0 Å². The van der Waals surface area contributed by atoms with Crippen LogP contribution in [0.4, 0.5) is 4.79 Å². The van der Waals surface area contributed by atoms with Gasteiger partial charge >= 0.3 is 6.03 Å². The quantitative estimate of drug-likeness (QED) is 0.898. The normalized spacial score (nSPS) is 26.6. The van der Waals surface area contributed by atoms with Gasteiger partial charge in [0.1, 0.15) is 0 Å². The third kappa shape index (κ3) is 2.91. The summed E-state index contributed by atoms with van der Waals surface area (Å²) in [5.41, 5.74) is 2.08. The van der Waals surface area contributed by atoms with Crippen molar-refractivity contribution in [3.05, 3.63) is 48.5 Å². The number of urea groups is 1. The van der Waals surface area contributed by atoms with Gasteiger partial charge in [-0.05, 0) is 24.1 Å². The zero-order valence-electron chi connectivity index (χ0n) is 14.6. The Balaban J connectivity index is 1.34. The molecule has 0 unspecified atom stereocenters. The fourth-order valence-electron chi connectivity index (χ4n) is 4.23. The van der Waals surface area contributed by atoms with Crippen molar-refractivity contribution in [2.75, 3.05) is 6.61 Å². The van der Waals surface area contributed by atoms with Gasteiger partial charge < -0.3 is 19.9 Å². The summed E-state index contributed by atoms with van der Waals surface area (Å²) >= 11 is 0. The molecule has 2 amide bonds. The molecule has 6 heteroatoms. The number of amides is 2. The minimum absolute atomic E-state index is 0.000153. The highest BCUT2D eigenvalue weighted by Crippen LogP contribution is 2.52. The van der Waals surface area contributed by atoms with Gasteiger partial charge in [-0.25, -0.2) is 9.78 Å². The van der Waals surface area contributed by atoms with E-state index in [0.717, 1.165) is 24.3 Å². The van der Waals surface area contributed by atoms with E-state index in [1.54, 1.807) is 12.5 Å². The summed E-state index contributed by atoms with van der Waals surface area (Å²) in [5, 5.41) is 6.12. The average molecular weight is 340 g/mol. The van der Waals surface area contributed by atoms with Crippen molar-refractivity contribution in [2.45, 2.75) is 39.0 Å². The molecule has 1 aliphatic carbocycles. The maximum absolute atomic E-state index is 12.3. The van der Waals surface area contributed by atoms with Crippen LogP contribution in [0, 0.1) is 11.3 Å². The average Bonchev–Trinajstić information content (AvgIpc) is 3.28. The highest BCUT2D eigenvalue weighted by atomic mass is 16.5. The molecule has 6 nitrogen and oxygen atoms in total. The Hall–Kier alpha value is -2.34. The number of fused-ring (bicyclic) bond motifs is 1. The van der Waals surface area contributed by atoms with Gasteiger partial charge in [0, 0.05) is 48.6 Å². The third-order valence-corrected chi connectivity index (χ3v) is 5.55. The number of imidazole rings is 1. The van der Waals surface area contributed by atoms with Crippen LogP contribution in [-0.4, -0.2) is 34.3 Å². The van der Waals surface area contributed by atoms with Gasteiger partial charge in [-0.2, -0.15) is 0 Å². The summed E-state index contributed by atoms with van der Waals surface area (Å²) < 4.78 is 7.72. The van der Waals surface area contributed by atoms with E-state index in [0.29, 0.717) is 12.5 Å². The molecule has 25 heavy (non-hydrogen) atoms. The van der Waals surface area contributed by atoms with Crippen molar-refractivity contribution >= 4 is 6.03 Å². The monoisotopic (exact) mass is 340 g/mol. The zero-order valence-corrected chi connectivity index (χ0v) is 14.6. The van der Waals surface area contributed by atoms with E-state index in [2.05, 4.69) is 35.5 Å². The topological polar surface area (TPSA) is 68.2 Å². The van der Waals surface area contributed by atoms with Crippen molar-refractivity contribution in [1.82, 2.24) is 20.2 Å². The molecule has 1 aromatic carbocycles. The van der Waals surface area contributed by atoms with Crippen molar-refractivity contribution < 1.29 is 9.53 Å². The predicted octanol–water partition coefficient (Wildman–Crippen LogP) is 2.49. The molecule has 2 heterocycles. The molecule has 1 aromatic heterocycles. The number of aromatic nitrogens is 2. The van der Waals surface area contributed by atoms with Gasteiger partial charge in [0.05, 0.1) is 12.4 Å². The van der Waals surface area contributed by atoms with Crippen molar-refractivity contribution in [2.24, 2.45) is 11.3 Å². The molecule has 2 fully saturated rings. The molecule has 3 atom stereocenters. The molecule has 0 radical (unpaired) electrons. The molecule has 2 N–H and O–H groups in total. The van der Waals surface area contributed by atoms with Crippen molar-refractivity contribution in [3.8, 4) is 5.69 Å². The zero-order chi connectivity index (χ0) is 17.4. The summed E-state index contributed by atoms with van der Waals surface area (Å²) in [4.78, 5) is 16.4. The molecule has 1 saturated heterocycles. The number of carbonyl (C=O) groups is 1. The molecule has 132 valence electrons. The first kappa shape index (κ1) is 16.1. The Kier molecular flexibility index (Phi) is 4.00. The molecule has 1 saturated carbocycles. The van der Waals surface area contributed by atoms with Crippen LogP contribution >= 0.6 is 0 Å². The number of hydrogen-bond acceptors (Lipinski definition) is 3. The number of ether oxygens (including phenoxy) is 1. The Morgan fingerprint density at radius 3 is 3.12 bits per heavy atom. The minimum atomic E-state index is -0.114. The van der Waals surface area contributed by atoms with Crippen molar-refractivity contribution in [1.29, 1.82) is 0 Å². The van der Waals surface area contributed by atoms with Crippen LogP contribution in [0.15, 0.2) is 43.0 Å². The lowest BCUT2D eigenvalue weighted by atomic mass is 9.57. The lowest BCUT2D eigenvalue weighted by molar-refractivity contribution is -0.108. The van der Waals surface area contributed by atoms with Gasteiger partial charge in [-0.3, -0.25) is 0 Å². The summed E-state index contributed by atoms with van der Waals surface area (Å²) in [7, 11) is 0. The molecule has 2 aliphatic rings. The summed E-state index contributed by atoms with van der Waals surface area (Å²) in [6.07, 6.45) is 6.73. The standard InChI is InChI=1S/C19H24N4O2/c1-19(2)16(15-6-9-25-17(15)19)22-18(24)21-11-13-4-3-5-14(10-13)23-8-7-20-12-23/h3-5,7-8,10,12,15-17H,6,9,11H2,1-2H3,(H2,21,22,24)/t15-,16-,17+/m1/s1. The van der Waals surface area contributed by atoms with Crippen molar-refractivity contribution in [3.63, 3.8) is 0 Å². The van der Waals surface area contributed by atoms with Crippen LogP contribution in [0.3, 0.4) is 0 Å². The second-order valence-electron chi connectivity index (χ2n) is 7.51. The lowest BCUT2D eigenvalue weighted by Crippen LogP contribution is -2.67. The second-order valence-corrected chi connectivity index (χ2v) is 7.51. The molecule has 2 aromatic rings. The molecule has 4 rings (SSSR count). The van der Waals surface area contributed by atoms with E-state index < -0.39 is 0 Å². The van der Waals surface area contributed by atoms with Gasteiger partial charge in [0.15, 0.2) is 0 Å². The maximum atomic E-state index is 12.3. The fraction of sp³-hybridized carbons (Fsp3) is 0.474. The van der Waals surface area contributed by atoms with Gasteiger partial charge in [-0.1, -0.05) is 26.0 Å². The Labute approximate surface area is 147 Å². The smallest absolute Gasteiger partial charge is 0.315 e. The number of nitrogens with zero attached hydrogens (tertiary/aromatic N) is 2. The first-order valence-electron chi connectivity index (χ1n) is 8.79. The Bertz CT molecular complexity index is 757. The first-order valence-corrected chi connectivity index (χ1v) is 8.79. The second kappa shape index (κ2) is 6.19. The predicted molar refractivity (Wildman–Crippen MR) is 94.4 cm³/mol. The van der Waals surface area contributed by atoms with Crippen LogP contribution in [0.2, 0.25) is 0 Å². The summed E-state index contributed by atoms with van der Waals surface area (Å²) in [5.74, 6) is 0.449. The van der Waals surface area contributed by atoms with Crippen LogP contribution in [-0.2, 0) is 11.3 Å². The third-order valence-electron chi connectivity index (χ3n) is 5.55. The molecular formula is C19H24N4O2. The van der Waals surface area contributed by atoms with Crippen LogP contribution in [0.1, 0.15) is 25.8 Å². The Morgan fingerprint density at radius 1 is 1.44 bits per heavy atom. The summed E-state index contributed by atoms with van der Waals surface area (Å²) in [6, 6.07) is 8.13. The summed E-state index contributed by atoms with van der Waals surface area (Å²) in [6.45, 7) is 5.63. The van der Waals surface area contributed by atoms with Crippen LogP contribution in [0.25, 0.3) is 5.69 Å². The maximum Gasteiger partial charge on any atom is 0.315 e. The number of carbonyl (C=O) groups excluding carboxylic acids is 1. The lowest BCUT2D eigenvalue weighted by Gasteiger charge is -2.54. The number of nitrogens with one attached hydrogen (secondary N) is 2. The number of rotatable bonds is 4. The first-order chi connectivity index (χ1) is 12.1. The molecular weight excluding hydrogens is 316 g/mol. The van der Waals surface area contributed by atoms with Crippen LogP contribution in [0.5, 0.6) is 0 Å².